The molecule has 2 aromatic carbocycles. The standard InChI is InChI=1S/C28H31N5O6/c1-30-27(35)22-16-32(28(30)36)17-24-25(22)21-14-20(39-13-10-31-8-11-38-12-9-31)6-7-23(21)33(24)15-18-2-4-19(5-3-18)26(34)29-37/h2-7,14,22,37H,8-13,15-17H2,1H3,(H,29,34)/p+1/t22-/m0/s1. The lowest BCUT2D eigenvalue weighted by Gasteiger charge is -2.41. The fourth-order valence-corrected chi connectivity index (χ4v) is 5.92. The van der Waals surface area contributed by atoms with Crippen LogP contribution in [0.15, 0.2) is 42.5 Å². The van der Waals surface area contributed by atoms with Crippen LogP contribution in [0.3, 0.4) is 0 Å². The average molecular weight is 535 g/mol. The van der Waals surface area contributed by atoms with Crippen LogP contribution in [0.2, 0.25) is 0 Å². The third kappa shape index (κ3) is 4.62. The van der Waals surface area contributed by atoms with Crippen molar-refractivity contribution in [1.29, 1.82) is 0 Å². The number of urea groups is 1. The van der Waals surface area contributed by atoms with Gasteiger partial charge in [0.1, 0.15) is 32.0 Å². The number of hydrogen-bond donors (Lipinski definition) is 3. The molecule has 3 aliphatic rings. The Bertz CT molecular complexity index is 1430. The van der Waals surface area contributed by atoms with E-state index in [-0.39, 0.29) is 11.9 Å². The molecule has 6 rings (SSSR count). The van der Waals surface area contributed by atoms with Crippen molar-refractivity contribution in [3.05, 3.63) is 64.8 Å². The van der Waals surface area contributed by atoms with Crippen LogP contribution in [0.5, 0.6) is 5.75 Å². The summed E-state index contributed by atoms with van der Waals surface area (Å²) in [6.07, 6.45) is 0. The Balaban J connectivity index is 1.35. The van der Waals surface area contributed by atoms with Crippen molar-refractivity contribution in [3.8, 4) is 5.75 Å². The van der Waals surface area contributed by atoms with Crippen molar-refractivity contribution < 1.29 is 34.0 Å². The largest absolute Gasteiger partial charge is 0.488 e. The number of nitrogens with zero attached hydrogens (tertiary/aromatic N) is 3. The molecule has 0 aliphatic carbocycles. The van der Waals surface area contributed by atoms with Crippen LogP contribution >= 0.6 is 0 Å². The van der Waals surface area contributed by atoms with Crippen molar-refractivity contribution in [2.75, 3.05) is 53.0 Å². The van der Waals surface area contributed by atoms with Gasteiger partial charge in [0.25, 0.3) is 5.91 Å². The van der Waals surface area contributed by atoms with Gasteiger partial charge in [-0.05, 0) is 41.5 Å². The van der Waals surface area contributed by atoms with Crippen molar-refractivity contribution >= 4 is 28.7 Å². The van der Waals surface area contributed by atoms with E-state index in [1.54, 1.807) is 29.6 Å². The quantitative estimate of drug-likeness (QED) is 0.302. The average Bonchev–Trinajstić information content (AvgIpc) is 3.27. The predicted octanol–water partition coefficient (Wildman–Crippen LogP) is 0.594. The first-order chi connectivity index (χ1) is 18.9. The molecule has 4 heterocycles. The minimum atomic E-state index is -0.574. The van der Waals surface area contributed by atoms with Gasteiger partial charge in [-0.2, -0.15) is 0 Å². The summed E-state index contributed by atoms with van der Waals surface area (Å²) in [7, 11) is 1.54. The molecule has 2 bridgehead atoms. The number of ether oxygens (including phenoxy) is 2. The number of morpholine rings is 1. The lowest BCUT2D eigenvalue weighted by molar-refractivity contribution is -0.908. The van der Waals surface area contributed by atoms with Crippen LogP contribution in [0.4, 0.5) is 4.79 Å². The van der Waals surface area contributed by atoms with Crippen molar-refractivity contribution in [3.63, 3.8) is 0 Å². The fraction of sp³-hybridized carbons (Fsp3) is 0.393. The van der Waals surface area contributed by atoms with Crippen LogP contribution < -0.4 is 15.1 Å². The summed E-state index contributed by atoms with van der Waals surface area (Å²) in [4.78, 5) is 42.2. The van der Waals surface area contributed by atoms with Gasteiger partial charge in [-0.3, -0.25) is 19.7 Å². The second-order valence-corrected chi connectivity index (χ2v) is 10.3. The number of carbonyl (C=O) groups excluding carboxylic acids is 3. The highest BCUT2D eigenvalue weighted by Gasteiger charge is 2.44. The third-order valence-electron chi connectivity index (χ3n) is 8.05. The van der Waals surface area contributed by atoms with Gasteiger partial charge in [0.05, 0.1) is 25.7 Å². The van der Waals surface area contributed by atoms with Crippen molar-refractivity contribution in [2.45, 2.75) is 19.0 Å². The Kier molecular flexibility index (Phi) is 6.71. The molecule has 2 saturated heterocycles. The van der Waals surface area contributed by atoms with E-state index >= 15 is 0 Å². The molecule has 4 amide bonds. The van der Waals surface area contributed by atoms with E-state index in [4.69, 9.17) is 14.7 Å². The Morgan fingerprint density at radius 3 is 2.67 bits per heavy atom. The third-order valence-corrected chi connectivity index (χ3v) is 8.05. The zero-order chi connectivity index (χ0) is 27.1. The van der Waals surface area contributed by atoms with E-state index in [0.717, 1.165) is 66.3 Å². The molecule has 3 aliphatic heterocycles. The molecule has 39 heavy (non-hydrogen) atoms. The highest BCUT2D eigenvalue weighted by Crippen LogP contribution is 2.41. The Labute approximate surface area is 225 Å². The topological polar surface area (TPSA) is 118 Å². The molecule has 11 nitrogen and oxygen atoms in total. The summed E-state index contributed by atoms with van der Waals surface area (Å²) in [5.74, 6) is -0.457. The van der Waals surface area contributed by atoms with Gasteiger partial charge in [0.15, 0.2) is 0 Å². The van der Waals surface area contributed by atoms with E-state index < -0.39 is 11.8 Å². The second-order valence-electron chi connectivity index (χ2n) is 10.3. The number of likely N-dealkylation sites (N-methyl/N-ethyl adjacent to an activating group) is 1. The molecule has 0 saturated carbocycles. The maximum Gasteiger partial charge on any atom is 0.326 e. The van der Waals surface area contributed by atoms with Gasteiger partial charge >= 0.3 is 6.03 Å². The SMILES string of the molecule is CN1C(=O)[C@H]2CN(Cc3c2c2cc(OCC[NH+]4CCOCC4)ccc2n3Cc2ccc(C(=O)NO)cc2)C1=O. The van der Waals surface area contributed by atoms with Crippen molar-refractivity contribution in [1.82, 2.24) is 19.8 Å². The van der Waals surface area contributed by atoms with Crippen LogP contribution in [-0.2, 0) is 22.6 Å². The number of amides is 4. The fourth-order valence-electron chi connectivity index (χ4n) is 5.92. The Morgan fingerprint density at radius 2 is 1.92 bits per heavy atom. The number of hydrogen-bond acceptors (Lipinski definition) is 6. The minimum Gasteiger partial charge on any atom is -0.488 e. The number of quaternary nitrogens is 1. The number of rotatable bonds is 7. The lowest BCUT2D eigenvalue weighted by atomic mass is 9.89. The van der Waals surface area contributed by atoms with E-state index in [2.05, 4.69) is 4.57 Å². The molecule has 11 heteroatoms. The summed E-state index contributed by atoms with van der Waals surface area (Å²) in [5, 5.41) is 9.87. The van der Waals surface area contributed by atoms with E-state index in [1.165, 1.54) is 9.80 Å². The first-order valence-electron chi connectivity index (χ1n) is 13.2. The van der Waals surface area contributed by atoms with E-state index in [9.17, 15) is 14.4 Å². The van der Waals surface area contributed by atoms with Gasteiger partial charge in [-0.1, -0.05) is 12.1 Å². The summed E-state index contributed by atoms with van der Waals surface area (Å²) in [6, 6.07) is 12.7. The number of nitrogens with one attached hydrogen (secondary N) is 2. The summed E-state index contributed by atoms with van der Waals surface area (Å²) >= 11 is 0. The monoisotopic (exact) mass is 534 g/mol. The maximum absolute atomic E-state index is 13.2. The zero-order valence-corrected chi connectivity index (χ0v) is 21.8. The zero-order valence-electron chi connectivity index (χ0n) is 21.8. The van der Waals surface area contributed by atoms with Gasteiger partial charge in [0, 0.05) is 42.3 Å². The number of benzene rings is 2. The van der Waals surface area contributed by atoms with Gasteiger partial charge in [0.2, 0.25) is 5.91 Å². The van der Waals surface area contributed by atoms with Crippen LogP contribution in [0.25, 0.3) is 10.9 Å². The lowest BCUT2D eigenvalue weighted by Crippen LogP contribution is -3.14. The van der Waals surface area contributed by atoms with Crippen LogP contribution in [0.1, 0.15) is 33.1 Å². The highest BCUT2D eigenvalue weighted by molar-refractivity contribution is 6.04. The first kappa shape index (κ1) is 25.4. The van der Waals surface area contributed by atoms with Crippen molar-refractivity contribution in [2.24, 2.45) is 0 Å². The Morgan fingerprint density at radius 1 is 1.15 bits per heavy atom. The van der Waals surface area contributed by atoms with Gasteiger partial charge in [-0.25, -0.2) is 10.3 Å². The second kappa shape index (κ2) is 10.3. The molecule has 0 radical (unpaired) electrons. The normalized spacial score (nSPS) is 19.4. The number of aromatic nitrogens is 1. The predicted molar refractivity (Wildman–Crippen MR) is 140 cm³/mol. The molecule has 204 valence electrons. The molecular weight excluding hydrogens is 502 g/mol. The van der Waals surface area contributed by atoms with Crippen LogP contribution in [-0.4, -0.2) is 90.5 Å². The Hall–Kier alpha value is -3.93. The number of hydroxylamine groups is 1. The number of carbonyl (C=O) groups is 3. The minimum absolute atomic E-state index is 0.196. The first-order valence-corrected chi connectivity index (χ1v) is 13.2. The van der Waals surface area contributed by atoms with Crippen LogP contribution in [0, 0.1) is 0 Å². The molecule has 0 unspecified atom stereocenters. The maximum atomic E-state index is 13.2. The van der Waals surface area contributed by atoms with E-state index in [0.29, 0.717) is 31.8 Å². The highest BCUT2D eigenvalue weighted by atomic mass is 16.5. The smallest absolute Gasteiger partial charge is 0.326 e. The summed E-state index contributed by atoms with van der Waals surface area (Å²) < 4.78 is 13.8. The summed E-state index contributed by atoms with van der Waals surface area (Å²) in [6.45, 7) is 6.27. The molecule has 3 N–H and O–H groups in total. The summed E-state index contributed by atoms with van der Waals surface area (Å²) in [5.41, 5.74) is 5.78. The van der Waals surface area contributed by atoms with E-state index in [1.807, 2.05) is 30.3 Å². The van der Waals surface area contributed by atoms with Gasteiger partial charge < -0.3 is 23.8 Å². The molecular formula is C28H32N5O6+. The molecule has 3 aromatic rings. The number of imide groups is 1. The van der Waals surface area contributed by atoms with Gasteiger partial charge in [-0.15, -0.1) is 0 Å². The molecule has 1 aromatic heterocycles. The molecule has 1 atom stereocenters. The number of fused-ring (bicyclic) bond motifs is 6. The molecule has 2 fully saturated rings. The molecule has 0 spiro atoms.